The molecule has 0 aliphatic heterocycles. The molecule has 0 unspecified atom stereocenters. The monoisotopic (exact) mass is 377 g/mol. The maximum absolute atomic E-state index is 10.3. The average Bonchev–Trinajstić information content (AvgIpc) is 2.00. The SMILES string of the molecule is Cc1ccnc(C(=O)O)c1.[CH3][Sn]([Cl])([Cl])[Cl]. The third kappa shape index (κ3) is 10.6. The maximum atomic E-state index is 10.3. The predicted octanol–water partition coefficient (Wildman–Crippen LogP) is 3.36. The fraction of sp³-hybridized carbons (Fsp3) is 0.250. The zero-order chi connectivity index (χ0) is 12.1. The van der Waals surface area contributed by atoms with Crippen molar-refractivity contribution in [1.29, 1.82) is 0 Å². The molecule has 84 valence electrons. The van der Waals surface area contributed by atoms with Crippen LogP contribution in [0, 0.1) is 6.92 Å². The molecule has 15 heavy (non-hydrogen) atoms. The molecule has 1 aromatic heterocycles. The zero-order valence-corrected chi connectivity index (χ0v) is 13.3. The molecule has 0 radical (unpaired) electrons. The van der Waals surface area contributed by atoms with Crippen LogP contribution in [0.3, 0.4) is 0 Å². The number of carbonyl (C=O) groups is 1. The van der Waals surface area contributed by atoms with Crippen molar-refractivity contribution in [2.45, 2.75) is 11.9 Å². The van der Waals surface area contributed by atoms with Crippen LogP contribution in [0.25, 0.3) is 0 Å². The number of hydrogen-bond acceptors (Lipinski definition) is 2. The van der Waals surface area contributed by atoms with Gasteiger partial charge in [0.25, 0.3) is 0 Å². The second kappa shape index (κ2) is 6.78. The summed E-state index contributed by atoms with van der Waals surface area (Å²) in [5.74, 6) is -0.983. The standard InChI is InChI=1S/C7H7NO2.CH3.3ClH.Sn/c1-5-2-3-8-6(4-5)7(9)10;;;;;/h2-4H,1H3,(H,9,10);1H3;3*1H;/q;;;;;+3/p-3. The van der Waals surface area contributed by atoms with Gasteiger partial charge in [0.15, 0.2) is 0 Å². The van der Waals surface area contributed by atoms with E-state index in [0.717, 1.165) is 5.56 Å². The topological polar surface area (TPSA) is 50.2 Å². The van der Waals surface area contributed by atoms with E-state index in [1.807, 2.05) is 6.92 Å². The summed E-state index contributed by atoms with van der Waals surface area (Å²) in [6.07, 6.45) is 1.48. The molecule has 3 nitrogen and oxygen atoms in total. The van der Waals surface area contributed by atoms with E-state index in [2.05, 4.69) is 4.98 Å². The number of aromatic nitrogens is 1. The van der Waals surface area contributed by atoms with Crippen LogP contribution in [0.2, 0.25) is 4.94 Å². The Bertz CT molecular complexity index is 335. The van der Waals surface area contributed by atoms with Crippen LogP contribution in [-0.2, 0) is 0 Å². The van der Waals surface area contributed by atoms with Gasteiger partial charge in [-0.05, 0) is 24.6 Å². The van der Waals surface area contributed by atoms with Gasteiger partial charge < -0.3 is 5.11 Å². The Morgan fingerprint density at radius 2 is 1.93 bits per heavy atom. The molecule has 1 rings (SSSR count). The average molecular weight is 377 g/mol. The van der Waals surface area contributed by atoms with Gasteiger partial charge in [-0.2, -0.15) is 0 Å². The molecule has 0 fully saturated rings. The van der Waals surface area contributed by atoms with Crippen molar-refractivity contribution in [2.75, 3.05) is 0 Å². The quantitative estimate of drug-likeness (QED) is 0.764. The number of nitrogens with zero attached hydrogens (tertiary/aromatic N) is 1. The van der Waals surface area contributed by atoms with E-state index in [1.54, 1.807) is 11.0 Å². The fourth-order valence-electron chi connectivity index (χ4n) is 0.653. The van der Waals surface area contributed by atoms with Gasteiger partial charge in [0.2, 0.25) is 0 Å². The van der Waals surface area contributed by atoms with Gasteiger partial charge in [-0.1, -0.05) is 0 Å². The van der Waals surface area contributed by atoms with Crippen LogP contribution in [0.1, 0.15) is 16.1 Å². The summed E-state index contributed by atoms with van der Waals surface area (Å²) in [5, 5.41) is 8.45. The van der Waals surface area contributed by atoms with Crippen LogP contribution >= 0.6 is 26.8 Å². The van der Waals surface area contributed by atoms with Crippen molar-refractivity contribution >= 4 is 47.7 Å². The van der Waals surface area contributed by atoms with E-state index < -0.39 is 21.0 Å². The third-order valence-corrected chi connectivity index (χ3v) is 1.13. The Morgan fingerprint density at radius 3 is 2.20 bits per heavy atom. The van der Waals surface area contributed by atoms with Gasteiger partial charge in [-0.3, -0.25) is 0 Å². The summed E-state index contributed by atoms with van der Waals surface area (Å²) in [5.41, 5.74) is 1.01. The molecular weight excluding hydrogens is 367 g/mol. The first kappa shape index (κ1) is 15.3. The molecule has 1 heterocycles. The van der Waals surface area contributed by atoms with Gasteiger partial charge in [-0.25, -0.2) is 9.78 Å². The second-order valence-corrected chi connectivity index (χ2v) is 26.4. The Hall–Kier alpha value is 0.289. The van der Waals surface area contributed by atoms with Crippen LogP contribution in [-0.4, -0.2) is 31.1 Å². The number of carboxylic acid groups (broad SMARTS) is 1. The number of carboxylic acids is 1. The number of aromatic carboxylic acids is 1. The van der Waals surface area contributed by atoms with Crippen LogP contribution in [0.4, 0.5) is 0 Å². The molecule has 0 amide bonds. The van der Waals surface area contributed by atoms with E-state index >= 15 is 0 Å². The first-order chi connectivity index (χ1) is 6.70. The summed E-state index contributed by atoms with van der Waals surface area (Å²) in [7, 11) is 15.8. The van der Waals surface area contributed by atoms with Crippen LogP contribution in [0.15, 0.2) is 18.3 Å². The number of rotatable bonds is 1. The van der Waals surface area contributed by atoms with Crippen molar-refractivity contribution in [1.82, 2.24) is 4.98 Å². The van der Waals surface area contributed by atoms with Crippen molar-refractivity contribution in [3.63, 3.8) is 0 Å². The zero-order valence-electron chi connectivity index (χ0n) is 8.17. The Labute approximate surface area is 103 Å². The van der Waals surface area contributed by atoms with Gasteiger partial charge in [0.1, 0.15) is 5.69 Å². The van der Waals surface area contributed by atoms with Crippen LogP contribution < -0.4 is 0 Å². The molecular formula is C8H10Cl3NO2Sn. The van der Waals surface area contributed by atoms with Crippen molar-refractivity contribution < 1.29 is 9.90 Å². The van der Waals surface area contributed by atoms with Crippen molar-refractivity contribution in [3.05, 3.63) is 29.6 Å². The molecule has 0 bridgehead atoms. The van der Waals surface area contributed by atoms with E-state index in [9.17, 15) is 4.79 Å². The summed E-state index contributed by atoms with van der Waals surface area (Å²) in [4.78, 5) is 15.6. The summed E-state index contributed by atoms with van der Waals surface area (Å²) < 4.78 is 0. The molecule has 0 aliphatic rings. The Morgan fingerprint density at radius 1 is 1.47 bits per heavy atom. The van der Waals surface area contributed by atoms with Crippen molar-refractivity contribution in [3.8, 4) is 0 Å². The van der Waals surface area contributed by atoms with Gasteiger partial charge in [0.05, 0.1) is 0 Å². The molecule has 0 saturated heterocycles. The first-order valence-corrected chi connectivity index (χ1v) is 17.6. The van der Waals surface area contributed by atoms with E-state index in [-0.39, 0.29) is 5.69 Å². The number of hydrogen-bond donors (Lipinski definition) is 1. The third-order valence-electron chi connectivity index (χ3n) is 1.13. The van der Waals surface area contributed by atoms with Gasteiger partial charge in [-0.15, -0.1) is 0 Å². The Kier molecular flexibility index (Phi) is 6.91. The van der Waals surface area contributed by atoms with E-state index in [1.165, 1.54) is 12.3 Å². The predicted molar refractivity (Wildman–Crippen MR) is 65.1 cm³/mol. The molecule has 0 spiro atoms. The fourth-order valence-corrected chi connectivity index (χ4v) is 0.653. The van der Waals surface area contributed by atoms with Crippen LogP contribution in [0.5, 0.6) is 0 Å². The molecule has 1 N–H and O–H groups in total. The molecule has 1 aromatic rings. The number of pyridine rings is 1. The molecule has 0 atom stereocenters. The summed E-state index contributed by atoms with van der Waals surface area (Å²) in [6.45, 7) is 1.83. The van der Waals surface area contributed by atoms with Gasteiger partial charge >= 0.3 is 52.7 Å². The van der Waals surface area contributed by atoms with E-state index in [4.69, 9.17) is 31.9 Å². The normalized spacial score (nSPS) is 10.2. The molecule has 7 heteroatoms. The van der Waals surface area contributed by atoms with E-state index in [0.29, 0.717) is 0 Å². The first-order valence-electron chi connectivity index (χ1n) is 3.93. The number of aryl methyl sites for hydroxylation is 1. The number of halogens is 3. The van der Waals surface area contributed by atoms with Gasteiger partial charge in [0, 0.05) is 6.20 Å². The van der Waals surface area contributed by atoms with Crippen molar-refractivity contribution in [2.24, 2.45) is 0 Å². The molecule has 0 aromatic carbocycles. The Balaban J connectivity index is 0.000000336. The summed E-state index contributed by atoms with van der Waals surface area (Å²) >= 11 is -2.76. The minimum atomic E-state index is -2.76. The molecule has 0 aliphatic carbocycles. The minimum absolute atomic E-state index is 0.0972. The second-order valence-electron chi connectivity index (χ2n) is 2.80. The molecule has 0 saturated carbocycles. The summed E-state index contributed by atoms with van der Waals surface area (Å²) in [6, 6.07) is 3.29.